The number of halogens is 1. The van der Waals surface area contributed by atoms with Crippen molar-refractivity contribution in [3.8, 4) is 0 Å². The van der Waals surface area contributed by atoms with Crippen LogP contribution in [0.25, 0.3) is 0 Å². The fourth-order valence-electron chi connectivity index (χ4n) is 1.72. The van der Waals surface area contributed by atoms with E-state index in [4.69, 9.17) is 11.6 Å². The summed E-state index contributed by atoms with van der Waals surface area (Å²) in [4.78, 5) is 23.3. The Balaban J connectivity index is 2.25. The third-order valence-electron chi connectivity index (χ3n) is 2.61. The van der Waals surface area contributed by atoms with Crippen LogP contribution in [0.2, 0.25) is 0 Å². The van der Waals surface area contributed by atoms with E-state index < -0.39 is 5.91 Å². The van der Waals surface area contributed by atoms with Crippen LogP contribution >= 0.6 is 11.6 Å². The summed E-state index contributed by atoms with van der Waals surface area (Å²) < 4.78 is 1.54. The third kappa shape index (κ3) is 3.45. The number of anilines is 1. The fourth-order valence-corrected chi connectivity index (χ4v) is 1.79. The Morgan fingerprint density at radius 2 is 1.89 bits per heavy atom. The van der Waals surface area contributed by atoms with E-state index in [2.05, 4.69) is 5.32 Å². The molecule has 0 radical (unpaired) electrons. The van der Waals surface area contributed by atoms with Gasteiger partial charge in [0.2, 0.25) is 5.91 Å². The predicted molar refractivity (Wildman–Crippen MR) is 75.6 cm³/mol. The second-order valence-electron chi connectivity index (χ2n) is 4.02. The second kappa shape index (κ2) is 6.20. The van der Waals surface area contributed by atoms with Gasteiger partial charge in [-0.3, -0.25) is 9.59 Å². The average molecular weight is 277 g/mol. The molecule has 0 saturated carbocycles. The molecule has 0 spiro atoms. The molecule has 0 aliphatic rings. The number of pyridine rings is 1. The number of hydrogen-bond acceptors (Lipinski definition) is 2. The van der Waals surface area contributed by atoms with Crippen molar-refractivity contribution in [1.82, 2.24) is 4.57 Å². The van der Waals surface area contributed by atoms with Gasteiger partial charge in [0.25, 0.3) is 5.56 Å². The van der Waals surface area contributed by atoms with Gasteiger partial charge in [0.15, 0.2) is 0 Å². The lowest BCUT2D eigenvalue weighted by Gasteiger charge is -2.08. The highest BCUT2D eigenvalue weighted by Gasteiger charge is 2.06. The van der Waals surface area contributed by atoms with E-state index in [0.29, 0.717) is 6.54 Å². The number of hydrogen-bond donors (Lipinski definition) is 1. The highest BCUT2D eigenvalue weighted by Crippen LogP contribution is 2.03. The largest absolute Gasteiger partial charge is 0.320 e. The minimum Gasteiger partial charge on any atom is -0.320 e. The van der Waals surface area contributed by atoms with Gasteiger partial charge in [-0.25, -0.2) is 0 Å². The van der Waals surface area contributed by atoms with Crippen molar-refractivity contribution in [1.29, 1.82) is 0 Å². The van der Waals surface area contributed by atoms with Gasteiger partial charge in [0.1, 0.15) is 11.6 Å². The topological polar surface area (TPSA) is 51.1 Å². The van der Waals surface area contributed by atoms with Crippen LogP contribution < -0.4 is 10.9 Å². The maximum atomic E-state index is 12.1. The van der Waals surface area contributed by atoms with Gasteiger partial charge in [0, 0.05) is 6.20 Å². The summed E-state index contributed by atoms with van der Waals surface area (Å²) in [5.41, 5.74) is 1.01. The van der Waals surface area contributed by atoms with E-state index in [9.17, 15) is 9.59 Å². The highest BCUT2D eigenvalue weighted by atomic mass is 35.5. The number of rotatable bonds is 4. The Morgan fingerprint density at radius 1 is 1.16 bits per heavy atom. The summed E-state index contributed by atoms with van der Waals surface area (Å²) in [7, 11) is 0. The first-order valence-corrected chi connectivity index (χ1v) is 6.33. The van der Waals surface area contributed by atoms with E-state index in [-0.39, 0.29) is 17.1 Å². The van der Waals surface area contributed by atoms with Crippen LogP contribution in [0.4, 0.5) is 5.69 Å². The average Bonchev–Trinajstić information content (AvgIpc) is 2.44. The molecular formula is C14H13ClN2O2. The van der Waals surface area contributed by atoms with Crippen LogP contribution in [-0.2, 0) is 11.3 Å². The number of amides is 1. The molecule has 0 unspecified atom stereocenters. The minimum absolute atomic E-state index is 0.174. The molecule has 98 valence electrons. The highest BCUT2D eigenvalue weighted by molar-refractivity contribution is 6.29. The lowest BCUT2D eigenvalue weighted by Crippen LogP contribution is -2.26. The summed E-state index contributed by atoms with van der Waals surface area (Å²) in [6.45, 7) is 0.463. The molecule has 5 heteroatoms. The van der Waals surface area contributed by atoms with Crippen molar-refractivity contribution < 1.29 is 4.79 Å². The lowest BCUT2D eigenvalue weighted by atomic mass is 10.2. The molecule has 2 rings (SSSR count). The molecule has 0 aliphatic carbocycles. The molecule has 2 aromatic rings. The van der Waals surface area contributed by atoms with Crippen molar-refractivity contribution in [2.75, 3.05) is 11.2 Å². The fraction of sp³-hybridized carbons (Fsp3) is 0.143. The zero-order valence-electron chi connectivity index (χ0n) is 10.2. The molecule has 0 bridgehead atoms. The van der Waals surface area contributed by atoms with Gasteiger partial charge in [-0.05, 0) is 17.7 Å². The molecule has 1 aromatic carbocycles. The van der Waals surface area contributed by atoms with E-state index in [1.807, 2.05) is 30.3 Å². The van der Waals surface area contributed by atoms with Crippen molar-refractivity contribution in [3.63, 3.8) is 0 Å². The van der Waals surface area contributed by atoms with Crippen molar-refractivity contribution in [2.24, 2.45) is 0 Å². The monoisotopic (exact) mass is 276 g/mol. The Bertz CT molecular complexity index is 623. The molecule has 1 aromatic heterocycles. The van der Waals surface area contributed by atoms with E-state index in [1.165, 1.54) is 0 Å². The molecule has 1 amide bonds. The van der Waals surface area contributed by atoms with Crippen LogP contribution in [0.5, 0.6) is 0 Å². The molecule has 1 N–H and O–H groups in total. The van der Waals surface area contributed by atoms with Crippen LogP contribution in [0.1, 0.15) is 5.56 Å². The van der Waals surface area contributed by atoms with Gasteiger partial charge in [-0.15, -0.1) is 11.6 Å². The maximum Gasteiger partial charge on any atom is 0.274 e. The molecular weight excluding hydrogens is 264 g/mol. The minimum atomic E-state index is -0.392. The van der Waals surface area contributed by atoms with Crippen molar-refractivity contribution >= 4 is 23.2 Å². The lowest BCUT2D eigenvalue weighted by molar-refractivity contribution is -0.113. The number of alkyl halides is 1. The Kier molecular flexibility index (Phi) is 4.36. The summed E-state index contributed by atoms with van der Waals surface area (Å²) in [6, 6.07) is 12.9. The summed E-state index contributed by atoms with van der Waals surface area (Å²) >= 11 is 5.40. The van der Waals surface area contributed by atoms with Crippen molar-refractivity contribution in [2.45, 2.75) is 6.54 Å². The Labute approximate surface area is 115 Å². The third-order valence-corrected chi connectivity index (χ3v) is 2.85. The van der Waals surface area contributed by atoms with Crippen LogP contribution in [0.3, 0.4) is 0 Å². The van der Waals surface area contributed by atoms with E-state index >= 15 is 0 Å². The number of benzene rings is 1. The van der Waals surface area contributed by atoms with Gasteiger partial charge < -0.3 is 9.88 Å². The molecule has 4 nitrogen and oxygen atoms in total. The SMILES string of the molecule is O=C(CCl)Nc1cccn(Cc2ccccc2)c1=O. The van der Waals surface area contributed by atoms with Crippen molar-refractivity contribution in [3.05, 3.63) is 64.6 Å². The van der Waals surface area contributed by atoms with Crippen LogP contribution in [0, 0.1) is 0 Å². The van der Waals surface area contributed by atoms with E-state index in [1.54, 1.807) is 22.9 Å². The van der Waals surface area contributed by atoms with Gasteiger partial charge in [-0.1, -0.05) is 30.3 Å². The summed E-state index contributed by atoms with van der Waals surface area (Å²) in [6.07, 6.45) is 1.69. The summed E-state index contributed by atoms with van der Waals surface area (Å²) in [5, 5.41) is 2.48. The zero-order valence-corrected chi connectivity index (χ0v) is 10.9. The number of nitrogens with zero attached hydrogens (tertiary/aromatic N) is 1. The van der Waals surface area contributed by atoms with Crippen LogP contribution in [0.15, 0.2) is 53.5 Å². The normalized spacial score (nSPS) is 10.2. The standard InChI is InChI=1S/C14H13ClN2O2/c15-9-13(18)16-12-7-4-8-17(14(12)19)10-11-5-2-1-3-6-11/h1-8H,9-10H2,(H,16,18). The first kappa shape index (κ1) is 13.4. The first-order valence-electron chi connectivity index (χ1n) is 5.80. The molecule has 0 atom stereocenters. The second-order valence-corrected chi connectivity index (χ2v) is 4.29. The number of aromatic nitrogens is 1. The quantitative estimate of drug-likeness (QED) is 0.869. The smallest absolute Gasteiger partial charge is 0.274 e. The summed E-state index contributed by atoms with van der Waals surface area (Å²) in [5.74, 6) is -0.566. The van der Waals surface area contributed by atoms with Gasteiger partial charge in [0.05, 0.1) is 6.54 Å². The number of carbonyl (C=O) groups excluding carboxylic acids is 1. The molecule has 0 fully saturated rings. The molecule has 0 saturated heterocycles. The molecule has 19 heavy (non-hydrogen) atoms. The maximum absolute atomic E-state index is 12.1. The zero-order chi connectivity index (χ0) is 13.7. The Morgan fingerprint density at radius 3 is 2.58 bits per heavy atom. The van der Waals surface area contributed by atoms with E-state index in [0.717, 1.165) is 5.56 Å². The molecule has 0 aliphatic heterocycles. The molecule has 1 heterocycles. The number of nitrogens with one attached hydrogen (secondary N) is 1. The predicted octanol–water partition coefficient (Wildman–Crippen LogP) is 2.07. The first-order chi connectivity index (χ1) is 9.20. The number of carbonyl (C=O) groups is 1. The van der Waals surface area contributed by atoms with Crippen LogP contribution in [-0.4, -0.2) is 16.4 Å². The van der Waals surface area contributed by atoms with Gasteiger partial charge in [-0.2, -0.15) is 0 Å². The Hall–Kier alpha value is -2.07. The van der Waals surface area contributed by atoms with Gasteiger partial charge >= 0.3 is 0 Å².